The number of methoxy groups -OCH3 is 1. The number of benzene rings is 3. The van der Waals surface area contributed by atoms with Crippen LogP contribution in [-0.4, -0.2) is 63.9 Å². The van der Waals surface area contributed by atoms with E-state index in [1.54, 1.807) is 12.1 Å². The lowest BCUT2D eigenvalue weighted by Crippen LogP contribution is -2.43. The van der Waals surface area contributed by atoms with Gasteiger partial charge in [0.05, 0.1) is 13.7 Å². The Hall–Kier alpha value is -3.46. The molecule has 8 heteroatoms. The summed E-state index contributed by atoms with van der Waals surface area (Å²) in [6.45, 7) is 0.569. The number of likely N-dealkylation sites (N-methyl/N-ethyl adjacent to an activating group) is 1. The summed E-state index contributed by atoms with van der Waals surface area (Å²) in [4.78, 5) is 17.4. The van der Waals surface area contributed by atoms with E-state index >= 15 is 0 Å². The molecule has 0 fully saturated rings. The van der Waals surface area contributed by atoms with Gasteiger partial charge in [0.25, 0.3) is 5.91 Å². The van der Waals surface area contributed by atoms with Crippen LogP contribution >= 0.6 is 0 Å². The van der Waals surface area contributed by atoms with Crippen molar-refractivity contribution in [3.05, 3.63) is 83.2 Å². The minimum atomic E-state index is -0.494. The fourth-order valence-electron chi connectivity index (χ4n) is 4.23. The molecule has 1 atom stereocenters. The maximum atomic E-state index is 14.5. The van der Waals surface area contributed by atoms with Crippen LogP contribution in [-0.2, 0) is 13.0 Å². The highest BCUT2D eigenvalue weighted by Gasteiger charge is 2.20. The number of hydroxylamine groups is 1. The van der Waals surface area contributed by atoms with Crippen molar-refractivity contribution in [2.24, 2.45) is 0 Å². The molecule has 3 rings (SSSR count). The Morgan fingerprint density at radius 2 is 1.78 bits per heavy atom. The van der Waals surface area contributed by atoms with Gasteiger partial charge >= 0.3 is 0 Å². The molecule has 3 aromatic carbocycles. The number of amides is 1. The van der Waals surface area contributed by atoms with E-state index in [-0.39, 0.29) is 24.1 Å². The summed E-state index contributed by atoms with van der Waals surface area (Å²) in [6, 6.07) is 18.5. The van der Waals surface area contributed by atoms with Gasteiger partial charge in [0.15, 0.2) is 0 Å². The number of carbonyl (C=O) groups is 1. The van der Waals surface area contributed by atoms with Crippen molar-refractivity contribution in [3.63, 3.8) is 0 Å². The summed E-state index contributed by atoms with van der Waals surface area (Å²) in [7, 11) is 9.21. The van der Waals surface area contributed by atoms with Crippen LogP contribution in [0.1, 0.15) is 21.5 Å². The minimum Gasteiger partial charge on any atom is -0.496 e. The predicted octanol–water partition coefficient (Wildman–Crippen LogP) is 3.95. The summed E-state index contributed by atoms with van der Waals surface area (Å²) >= 11 is 0. The monoisotopic (exact) mass is 494 g/mol. The first-order valence-electron chi connectivity index (χ1n) is 11.8. The minimum absolute atomic E-state index is 0.0936. The number of ether oxygens (including phenoxy) is 1. The third-order valence-corrected chi connectivity index (χ3v) is 5.92. The summed E-state index contributed by atoms with van der Waals surface area (Å²) in [5.74, 6) is -0.388. The highest BCUT2D eigenvalue weighted by Crippen LogP contribution is 2.37. The number of nitrogens with one attached hydrogen (secondary N) is 2. The van der Waals surface area contributed by atoms with Crippen LogP contribution in [0.15, 0.2) is 60.7 Å². The quantitative estimate of drug-likeness (QED) is 0.351. The van der Waals surface area contributed by atoms with Crippen molar-refractivity contribution < 1.29 is 19.1 Å². The van der Waals surface area contributed by atoms with Gasteiger partial charge in [-0.25, -0.2) is 9.87 Å². The SMILES string of the molecule is COc1c(-c2cc(C(=O)N[C@@H](Cc3ccccc3)CN(C)C)cc(N(C)C)c2)ccc(F)c1CNO. The second-order valence-corrected chi connectivity index (χ2v) is 9.23. The lowest BCUT2D eigenvalue weighted by atomic mass is 9.97. The third kappa shape index (κ3) is 6.81. The maximum absolute atomic E-state index is 14.5. The zero-order chi connectivity index (χ0) is 26.2. The van der Waals surface area contributed by atoms with E-state index in [2.05, 4.69) is 22.3 Å². The Balaban J connectivity index is 2.00. The van der Waals surface area contributed by atoms with E-state index in [0.717, 1.165) is 11.3 Å². The lowest BCUT2D eigenvalue weighted by molar-refractivity contribution is 0.0930. The van der Waals surface area contributed by atoms with Crippen molar-refractivity contribution in [1.82, 2.24) is 15.7 Å². The predicted molar refractivity (Wildman–Crippen MR) is 141 cm³/mol. The van der Waals surface area contributed by atoms with Gasteiger partial charge in [-0.05, 0) is 62.0 Å². The molecule has 3 aromatic rings. The van der Waals surface area contributed by atoms with Gasteiger partial charge in [0.1, 0.15) is 11.6 Å². The van der Waals surface area contributed by atoms with Crippen LogP contribution in [0.2, 0.25) is 0 Å². The Morgan fingerprint density at radius 1 is 1.06 bits per heavy atom. The third-order valence-electron chi connectivity index (χ3n) is 5.92. The largest absolute Gasteiger partial charge is 0.496 e. The zero-order valence-electron chi connectivity index (χ0n) is 21.5. The molecule has 0 bridgehead atoms. The first-order valence-corrected chi connectivity index (χ1v) is 11.8. The normalized spacial score (nSPS) is 11.9. The van der Waals surface area contributed by atoms with Crippen LogP contribution in [0, 0.1) is 5.82 Å². The number of nitrogens with zero attached hydrogens (tertiary/aromatic N) is 2. The molecule has 0 saturated heterocycles. The highest BCUT2D eigenvalue weighted by atomic mass is 19.1. The zero-order valence-corrected chi connectivity index (χ0v) is 21.5. The molecule has 0 radical (unpaired) electrons. The molecule has 7 nitrogen and oxygen atoms in total. The van der Waals surface area contributed by atoms with Crippen molar-refractivity contribution in [3.8, 4) is 16.9 Å². The molecule has 192 valence electrons. The molecular formula is C28H35FN4O3. The van der Waals surface area contributed by atoms with Crippen LogP contribution in [0.5, 0.6) is 5.75 Å². The molecule has 36 heavy (non-hydrogen) atoms. The van der Waals surface area contributed by atoms with Gasteiger partial charge < -0.3 is 25.1 Å². The fourth-order valence-corrected chi connectivity index (χ4v) is 4.23. The standard InChI is InChI=1S/C28H35FN4O3/c1-32(2)18-22(13-19-9-7-6-8-10-19)31-28(34)21-14-20(15-23(16-21)33(3)4)24-11-12-26(29)25(17-30-35)27(24)36-5/h6-12,14-16,22,30,35H,13,17-18H2,1-5H3,(H,31,34)/t22-/m0/s1. The Kier molecular flexibility index (Phi) is 9.41. The Bertz CT molecular complexity index is 1170. The van der Waals surface area contributed by atoms with E-state index in [1.807, 2.05) is 68.9 Å². The molecule has 0 aromatic heterocycles. The van der Waals surface area contributed by atoms with Crippen LogP contribution in [0.4, 0.5) is 10.1 Å². The van der Waals surface area contributed by atoms with Crippen molar-refractivity contribution >= 4 is 11.6 Å². The van der Waals surface area contributed by atoms with Gasteiger partial charge in [-0.2, -0.15) is 0 Å². The van der Waals surface area contributed by atoms with Crippen LogP contribution < -0.4 is 20.4 Å². The van der Waals surface area contributed by atoms with Gasteiger partial charge in [-0.3, -0.25) is 4.79 Å². The van der Waals surface area contributed by atoms with Gasteiger partial charge in [0, 0.05) is 49.1 Å². The number of anilines is 1. The maximum Gasteiger partial charge on any atom is 0.251 e. The molecular weight excluding hydrogens is 459 g/mol. The van der Waals surface area contributed by atoms with E-state index in [0.29, 0.717) is 35.4 Å². The average Bonchev–Trinajstić information content (AvgIpc) is 2.85. The van der Waals surface area contributed by atoms with Crippen LogP contribution in [0.25, 0.3) is 11.1 Å². The van der Waals surface area contributed by atoms with Crippen molar-refractivity contribution in [2.75, 3.05) is 46.7 Å². The van der Waals surface area contributed by atoms with Crippen LogP contribution in [0.3, 0.4) is 0 Å². The molecule has 0 saturated carbocycles. The average molecular weight is 495 g/mol. The first kappa shape index (κ1) is 27.1. The first-order chi connectivity index (χ1) is 17.2. The Labute approximate surface area is 212 Å². The molecule has 0 unspecified atom stereocenters. The summed E-state index contributed by atoms with van der Waals surface area (Å²) in [5.41, 5.74) is 5.98. The summed E-state index contributed by atoms with van der Waals surface area (Å²) < 4.78 is 20.0. The smallest absolute Gasteiger partial charge is 0.251 e. The number of rotatable bonds is 11. The Morgan fingerprint density at radius 3 is 2.39 bits per heavy atom. The number of halogens is 1. The topological polar surface area (TPSA) is 77.1 Å². The molecule has 0 aliphatic rings. The second kappa shape index (κ2) is 12.5. The van der Waals surface area contributed by atoms with E-state index in [1.165, 1.54) is 13.2 Å². The van der Waals surface area contributed by atoms with Crippen molar-refractivity contribution in [1.29, 1.82) is 0 Å². The number of hydrogen-bond donors (Lipinski definition) is 3. The molecule has 3 N–H and O–H groups in total. The van der Waals surface area contributed by atoms with E-state index in [4.69, 9.17) is 4.74 Å². The van der Waals surface area contributed by atoms with Gasteiger partial charge in [-0.15, -0.1) is 0 Å². The van der Waals surface area contributed by atoms with Gasteiger partial charge in [-0.1, -0.05) is 30.3 Å². The van der Waals surface area contributed by atoms with Gasteiger partial charge in [0.2, 0.25) is 0 Å². The molecule has 0 aliphatic heterocycles. The molecule has 0 aliphatic carbocycles. The van der Waals surface area contributed by atoms with E-state index < -0.39 is 5.82 Å². The lowest BCUT2D eigenvalue weighted by Gasteiger charge is -2.23. The number of hydrogen-bond acceptors (Lipinski definition) is 6. The molecule has 1 amide bonds. The molecule has 0 heterocycles. The molecule has 0 spiro atoms. The second-order valence-electron chi connectivity index (χ2n) is 9.23. The summed E-state index contributed by atoms with van der Waals surface area (Å²) in [5, 5.41) is 12.4. The number of carbonyl (C=O) groups excluding carboxylic acids is 1. The fraction of sp³-hybridized carbons (Fsp3) is 0.321. The van der Waals surface area contributed by atoms with Crippen molar-refractivity contribution in [2.45, 2.75) is 19.0 Å². The summed E-state index contributed by atoms with van der Waals surface area (Å²) in [6.07, 6.45) is 0.703. The highest BCUT2D eigenvalue weighted by molar-refractivity contribution is 5.97. The van der Waals surface area contributed by atoms with E-state index in [9.17, 15) is 14.4 Å².